The van der Waals surface area contributed by atoms with Gasteiger partial charge in [-0.05, 0) is 37.3 Å². The molecule has 4 aromatic rings. The molecule has 0 aliphatic heterocycles. The van der Waals surface area contributed by atoms with Crippen molar-refractivity contribution in [3.63, 3.8) is 0 Å². The number of nitriles is 1. The molecule has 5 rings (SSSR count). The molecule has 0 atom stereocenters. The fourth-order valence-corrected chi connectivity index (χ4v) is 5.92. The summed E-state index contributed by atoms with van der Waals surface area (Å²) >= 11 is 1.38. The number of rotatable bonds is 9. The van der Waals surface area contributed by atoms with Gasteiger partial charge in [-0.25, -0.2) is 4.98 Å². The lowest BCUT2D eigenvalue weighted by molar-refractivity contribution is -0.120. The minimum Gasteiger partial charge on any atom is -0.337 e. The Labute approximate surface area is 234 Å². The maximum atomic E-state index is 12.9. The summed E-state index contributed by atoms with van der Waals surface area (Å²) < 4.78 is 2.13. The molecule has 0 radical (unpaired) electrons. The molecule has 0 bridgehead atoms. The molecule has 1 N–H and O–H groups in total. The molecule has 0 saturated heterocycles. The van der Waals surface area contributed by atoms with Crippen LogP contribution in [0.1, 0.15) is 52.4 Å². The van der Waals surface area contributed by atoms with Gasteiger partial charge in [-0.15, -0.1) is 10.2 Å². The van der Waals surface area contributed by atoms with Crippen LogP contribution < -0.4 is 5.32 Å². The first-order chi connectivity index (χ1) is 19.0. The number of fused-ring (bicyclic) bond motifs is 1. The summed E-state index contributed by atoms with van der Waals surface area (Å²) in [5.74, 6) is 1.33. The van der Waals surface area contributed by atoms with Gasteiger partial charge >= 0.3 is 0 Å². The maximum Gasteiger partial charge on any atom is 0.231 e. The third-order valence-corrected chi connectivity index (χ3v) is 8.27. The zero-order valence-corrected chi connectivity index (χ0v) is 23.4. The van der Waals surface area contributed by atoms with Gasteiger partial charge in [-0.2, -0.15) is 5.26 Å². The molecule has 1 aliphatic carbocycles. The molecular weight excluding hydrogens is 504 g/mol. The summed E-state index contributed by atoms with van der Waals surface area (Å²) in [6, 6.07) is 22.7. The molecule has 8 heteroatoms. The van der Waals surface area contributed by atoms with Crippen molar-refractivity contribution >= 4 is 28.6 Å². The van der Waals surface area contributed by atoms with E-state index in [2.05, 4.69) is 64.3 Å². The fourth-order valence-electron chi connectivity index (χ4n) is 5.15. The number of carbonyl (C=O) groups excluding carboxylic acids is 1. The number of aromatic nitrogens is 4. The van der Waals surface area contributed by atoms with Crippen LogP contribution in [-0.2, 0) is 11.3 Å². The summed E-state index contributed by atoms with van der Waals surface area (Å²) in [5, 5.41) is 23.7. The number of carbonyl (C=O) groups is 1. The monoisotopic (exact) mass is 538 g/mol. The van der Waals surface area contributed by atoms with E-state index in [1.54, 1.807) is 0 Å². The smallest absolute Gasteiger partial charge is 0.231 e. The number of thioether (sulfide) groups is 1. The predicted octanol–water partition coefficient (Wildman–Crippen LogP) is 6.64. The third-order valence-electron chi connectivity index (χ3n) is 7.31. The van der Waals surface area contributed by atoms with Crippen molar-refractivity contribution in [3.8, 4) is 28.7 Å². The Bertz CT molecular complexity index is 1480. The van der Waals surface area contributed by atoms with Crippen LogP contribution in [-0.4, -0.2) is 36.9 Å². The molecule has 1 amide bonds. The molecule has 200 valence electrons. The molecular formula is C31H34N6OS. The second-order valence-electron chi connectivity index (χ2n) is 10.7. The number of nitrogens with one attached hydrogen (secondary N) is 1. The second kappa shape index (κ2) is 12.0. The lowest BCUT2D eigenvalue weighted by Gasteiger charge is -2.31. The van der Waals surface area contributed by atoms with E-state index in [0.717, 1.165) is 65.8 Å². The molecule has 0 unspecified atom stereocenters. The van der Waals surface area contributed by atoms with Crippen LogP contribution in [0.2, 0.25) is 0 Å². The van der Waals surface area contributed by atoms with Crippen molar-refractivity contribution < 1.29 is 4.79 Å². The summed E-state index contributed by atoms with van der Waals surface area (Å²) in [6.45, 7) is 5.14. The van der Waals surface area contributed by atoms with Gasteiger partial charge in [0.05, 0.1) is 23.0 Å². The molecule has 2 aromatic carbocycles. The van der Waals surface area contributed by atoms with Gasteiger partial charge in [0.1, 0.15) is 5.54 Å². The Morgan fingerprint density at radius 1 is 1.08 bits per heavy atom. The molecule has 39 heavy (non-hydrogen) atoms. The Kier molecular flexibility index (Phi) is 8.27. The number of hydrogen-bond donors (Lipinski definition) is 1. The fraction of sp³-hybridized carbons (Fsp3) is 0.387. The highest BCUT2D eigenvalue weighted by atomic mass is 32.2. The Balaban J connectivity index is 1.48. The standard InChI is InChI=1S/C31H34N6OS/c1-22(2)15-18-37-29(35-36-30(37)39-20-28(38)34-31(21-32)16-9-4-10-17-31)25-19-27(23-11-5-3-6-12-23)33-26-14-8-7-13-24(25)26/h3,5-8,11-14,19,22H,4,9-10,15-18,20H2,1-2H3,(H,34,38). The van der Waals surface area contributed by atoms with E-state index in [1.807, 2.05) is 36.4 Å². The van der Waals surface area contributed by atoms with Gasteiger partial charge in [0, 0.05) is 23.1 Å². The van der Waals surface area contributed by atoms with E-state index in [-0.39, 0.29) is 11.7 Å². The third kappa shape index (κ3) is 6.15. The first-order valence-electron chi connectivity index (χ1n) is 13.7. The van der Waals surface area contributed by atoms with Crippen molar-refractivity contribution in [1.82, 2.24) is 25.1 Å². The van der Waals surface area contributed by atoms with Gasteiger partial charge in [-0.3, -0.25) is 4.79 Å². The predicted molar refractivity (Wildman–Crippen MR) is 156 cm³/mol. The van der Waals surface area contributed by atoms with Crippen molar-refractivity contribution in [3.05, 3.63) is 60.7 Å². The highest BCUT2D eigenvalue weighted by Gasteiger charge is 2.33. The van der Waals surface area contributed by atoms with Crippen molar-refractivity contribution in [2.75, 3.05) is 5.75 Å². The van der Waals surface area contributed by atoms with Crippen LogP contribution in [0.25, 0.3) is 33.5 Å². The lowest BCUT2D eigenvalue weighted by atomic mass is 9.83. The van der Waals surface area contributed by atoms with Gasteiger partial charge in [0.2, 0.25) is 5.91 Å². The van der Waals surface area contributed by atoms with Crippen LogP contribution in [0.3, 0.4) is 0 Å². The SMILES string of the molecule is CC(C)CCn1c(SCC(=O)NC2(C#N)CCCCC2)nnc1-c1cc(-c2ccccc2)nc2ccccc12. The van der Waals surface area contributed by atoms with Crippen LogP contribution in [0, 0.1) is 17.2 Å². The van der Waals surface area contributed by atoms with E-state index in [1.165, 1.54) is 11.8 Å². The van der Waals surface area contributed by atoms with Gasteiger partial charge < -0.3 is 9.88 Å². The first-order valence-corrected chi connectivity index (χ1v) is 14.7. The molecule has 7 nitrogen and oxygen atoms in total. The van der Waals surface area contributed by atoms with E-state index in [4.69, 9.17) is 4.98 Å². The summed E-state index contributed by atoms with van der Waals surface area (Å²) in [5.41, 5.74) is 3.05. The van der Waals surface area contributed by atoms with Crippen molar-refractivity contribution in [1.29, 1.82) is 5.26 Å². The van der Waals surface area contributed by atoms with Crippen LogP contribution in [0.4, 0.5) is 0 Å². The lowest BCUT2D eigenvalue weighted by Crippen LogP contribution is -2.49. The van der Waals surface area contributed by atoms with Gasteiger partial charge in [0.15, 0.2) is 11.0 Å². The molecule has 1 saturated carbocycles. The number of benzene rings is 2. The number of amides is 1. The number of para-hydroxylation sites is 1. The molecule has 0 spiro atoms. The van der Waals surface area contributed by atoms with Crippen LogP contribution >= 0.6 is 11.8 Å². The molecule has 2 heterocycles. The zero-order valence-electron chi connectivity index (χ0n) is 22.6. The maximum absolute atomic E-state index is 12.9. The Hall–Kier alpha value is -3.70. The van der Waals surface area contributed by atoms with Gasteiger partial charge in [0.25, 0.3) is 0 Å². The van der Waals surface area contributed by atoms with E-state index in [0.29, 0.717) is 23.9 Å². The zero-order chi connectivity index (χ0) is 27.2. The van der Waals surface area contributed by atoms with Gasteiger partial charge in [-0.1, -0.05) is 93.4 Å². The first kappa shape index (κ1) is 26.9. The Morgan fingerprint density at radius 3 is 2.56 bits per heavy atom. The average Bonchev–Trinajstić information content (AvgIpc) is 3.37. The average molecular weight is 539 g/mol. The van der Waals surface area contributed by atoms with Crippen molar-refractivity contribution in [2.24, 2.45) is 5.92 Å². The largest absolute Gasteiger partial charge is 0.337 e. The minimum absolute atomic E-state index is 0.135. The molecule has 2 aromatic heterocycles. The van der Waals surface area contributed by atoms with E-state index < -0.39 is 5.54 Å². The van der Waals surface area contributed by atoms with E-state index >= 15 is 0 Å². The normalized spacial score (nSPS) is 14.8. The Morgan fingerprint density at radius 2 is 1.82 bits per heavy atom. The van der Waals surface area contributed by atoms with E-state index in [9.17, 15) is 10.1 Å². The highest BCUT2D eigenvalue weighted by molar-refractivity contribution is 7.99. The summed E-state index contributed by atoms with van der Waals surface area (Å²) in [6.07, 6.45) is 5.45. The topological polar surface area (TPSA) is 96.5 Å². The minimum atomic E-state index is -0.740. The second-order valence-corrected chi connectivity index (χ2v) is 11.6. The molecule has 1 aliphatic rings. The van der Waals surface area contributed by atoms with Crippen molar-refractivity contribution in [2.45, 2.75) is 69.6 Å². The van der Waals surface area contributed by atoms with Crippen LogP contribution in [0.5, 0.6) is 0 Å². The summed E-state index contributed by atoms with van der Waals surface area (Å²) in [4.78, 5) is 17.9. The quantitative estimate of drug-likeness (QED) is 0.240. The highest BCUT2D eigenvalue weighted by Crippen LogP contribution is 2.34. The van der Waals surface area contributed by atoms with Crippen LogP contribution in [0.15, 0.2) is 65.8 Å². The number of pyridine rings is 1. The number of hydrogen-bond acceptors (Lipinski definition) is 6. The molecule has 1 fully saturated rings. The summed E-state index contributed by atoms with van der Waals surface area (Å²) in [7, 11) is 0. The number of nitrogens with zero attached hydrogens (tertiary/aromatic N) is 5.